The average Bonchev–Trinajstić information content (AvgIpc) is 3.57. The largest absolute Gasteiger partial charge is 0.416 e. The highest BCUT2D eigenvalue weighted by atomic mass is 35.5. The van der Waals surface area contributed by atoms with E-state index in [-0.39, 0.29) is 21.8 Å². The minimum Gasteiger partial charge on any atom is -0.302 e. The second kappa shape index (κ2) is 11.3. The number of nitrogens with zero attached hydrogens (tertiary/aromatic N) is 5. The quantitative estimate of drug-likeness (QED) is 0.289. The van der Waals surface area contributed by atoms with Gasteiger partial charge in [-0.05, 0) is 76.2 Å². The van der Waals surface area contributed by atoms with Gasteiger partial charge in [-0.15, -0.1) is 10.2 Å². The number of hydrogen-bond donors (Lipinski definition) is 0. The first-order valence-electron chi connectivity index (χ1n) is 12.4. The minimum absolute atomic E-state index is 0.0967. The number of benzene rings is 2. The maximum absolute atomic E-state index is 13.8. The van der Waals surface area contributed by atoms with Crippen LogP contribution in [0.1, 0.15) is 59.3 Å². The Morgan fingerprint density at radius 2 is 1.73 bits per heavy atom. The number of carbonyl (C=O) groups excluding carboxylic acids is 1. The molecule has 1 saturated carbocycles. The fourth-order valence-corrected chi connectivity index (χ4v) is 4.63. The van der Waals surface area contributed by atoms with Crippen molar-refractivity contribution in [3.05, 3.63) is 75.8 Å². The summed E-state index contributed by atoms with van der Waals surface area (Å²) in [5, 5.41) is 8.98. The van der Waals surface area contributed by atoms with Crippen LogP contribution in [0.15, 0.2) is 42.5 Å². The Morgan fingerprint density at radius 1 is 1.05 bits per heavy atom. The van der Waals surface area contributed by atoms with E-state index in [2.05, 4.69) is 22.0 Å². The van der Waals surface area contributed by atoms with E-state index in [1.54, 1.807) is 28.8 Å². The summed E-state index contributed by atoms with van der Waals surface area (Å²) < 4.78 is 43.1. The standard InChI is InChI=1S/C27H31ClF3N5O/c1-4-13-35(15-18-9-10-18)17-25-33-32-24(16-34(2)3)36(25)23-14-19(27(29,30)31)11-12-21(23)26(37)20-7-5-6-8-22(20)28/h5-8,11-12,14,18H,4,9-10,13,15-17H2,1-3H3. The van der Waals surface area contributed by atoms with Crippen molar-refractivity contribution in [1.82, 2.24) is 24.6 Å². The van der Waals surface area contributed by atoms with Gasteiger partial charge in [-0.1, -0.05) is 30.7 Å². The van der Waals surface area contributed by atoms with Crippen LogP contribution >= 0.6 is 11.6 Å². The molecule has 198 valence electrons. The highest BCUT2D eigenvalue weighted by molar-refractivity contribution is 6.35. The zero-order valence-electron chi connectivity index (χ0n) is 21.2. The Bertz CT molecular complexity index is 1250. The van der Waals surface area contributed by atoms with E-state index in [4.69, 9.17) is 11.6 Å². The van der Waals surface area contributed by atoms with Crippen molar-refractivity contribution >= 4 is 17.4 Å². The van der Waals surface area contributed by atoms with Crippen molar-refractivity contribution in [2.75, 3.05) is 27.2 Å². The van der Waals surface area contributed by atoms with Crippen molar-refractivity contribution in [3.63, 3.8) is 0 Å². The molecule has 0 spiro atoms. The van der Waals surface area contributed by atoms with Crippen molar-refractivity contribution < 1.29 is 18.0 Å². The van der Waals surface area contributed by atoms with Gasteiger partial charge in [0.25, 0.3) is 0 Å². The summed E-state index contributed by atoms with van der Waals surface area (Å²) in [4.78, 5) is 17.8. The summed E-state index contributed by atoms with van der Waals surface area (Å²) in [5.41, 5.74) is -0.432. The second-order valence-electron chi connectivity index (χ2n) is 9.82. The van der Waals surface area contributed by atoms with Gasteiger partial charge in [0.05, 0.1) is 29.4 Å². The van der Waals surface area contributed by atoms with Crippen molar-refractivity contribution in [2.45, 2.75) is 45.5 Å². The van der Waals surface area contributed by atoms with Gasteiger partial charge < -0.3 is 4.90 Å². The lowest BCUT2D eigenvalue weighted by Crippen LogP contribution is -2.28. The highest BCUT2D eigenvalue weighted by Gasteiger charge is 2.33. The van der Waals surface area contributed by atoms with E-state index in [1.165, 1.54) is 18.9 Å². The molecule has 0 amide bonds. The van der Waals surface area contributed by atoms with E-state index < -0.39 is 17.5 Å². The molecule has 37 heavy (non-hydrogen) atoms. The van der Waals surface area contributed by atoms with E-state index in [9.17, 15) is 18.0 Å². The summed E-state index contributed by atoms with van der Waals surface area (Å²) >= 11 is 6.29. The Balaban J connectivity index is 1.88. The third-order valence-electron chi connectivity index (χ3n) is 6.30. The fourth-order valence-electron chi connectivity index (χ4n) is 4.41. The predicted molar refractivity (Wildman–Crippen MR) is 137 cm³/mol. The van der Waals surface area contributed by atoms with Crippen molar-refractivity contribution in [1.29, 1.82) is 0 Å². The first-order valence-corrected chi connectivity index (χ1v) is 12.8. The van der Waals surface area contributed by atoms with Gasteiger partial charge in [-0.3, -0.25) is 14.3 Å². The van der Waals surface area contributed by atoms with Gasteiger partial charge in [-0.25, -0.2) is 0 Å². The number of rotatable bonds is 11. The molecule has 0 saturated heterocycles. The van der Waals surface area contributed by atoms with Gasteiger partial charge in [0, 0.05) is 17.7 Å². The van der Waals surface area contributed by atoms with Gasteiger partial charge in [0.15, 0.2) is 17.4 Å². The van der Waals surface area contributed by atoms with Crippen LogP contribution in [0, 0.1) is 5.92 Å². The van der Waals surface area contributed by atoms with Crippen LogP contribution in [0.3, 0.4) is 0 Å². The maximum Gasteiger partial charge on any atom is 0.416 e. The summed E-state index contributed by atoms with van der Waals surface area (Å²) in [5.74, 6) is 1.12. The number of carbonyl (C=O) groups is 1. The fraction of sp³-hybridized carbons (Fsp3) is 0.444. The SMILES string of the molecule is CCCN(Cc1nnc(CN(C)C)n1-c1cc(C(F)(F)F)ccc1C(=O)c1ccccc1Cl)CC1CC1. The first-order chi connectivity index (χ1) is 17.6. The predicted octanol–water partition coefficient (Wildman–Crippen LogP) is 5.85. The lowest BCUT2D eigenvalue weighted by molar-refractivity contribution is -0.137. The van der Waals surface area contributed by atoms with E-state index >= 15 is 0 Å². The van der Waals surface area contributed by atoms with Crippen molar-refractivity contribution in [2.24, 2.45) is 5.92 Å². The molecule has 0 aliphatic heterocycles. The molecular weight excluding hydrogens is 503 g/mol. The lowest BCUT2D eigenvalue weighted by Gasteiger charge is -2.23. The Kier molecular flexibility index (Phi) is 8.36. The molecule has 0 N–H and O–H groups in total. The third-order valence-corrected chi connectivity index (χ3v) is 6.63. The van der Waals surface area contributed by atoms with Gasteiger partial charge in [-0.2, -0.15) is 13.2 Å². The van der Waals surface area contributed by atoms with Crippen LogP contribution in [-0.2, 0) is 19.3 Å². The normalized spacial score (nSPS) is 14.1. The lowest BCUT2D eigenvalue weighted by atomic mass is 9.99. The third kappa shape index (κ3) is 6.58. The number of alkyl halides is 3. The molecule has 4 rings (SSSR count). The van der Waals surface area contributed by atoms with Crippen LogP contribution in [0.4, 0.5) is 13.2 Å². The molecule has 0 atom stereocenters. The first kappa shape index (κ1) is 27.3. The monoisotopic (exact) mass is 533 g/mol. The van der Waals surface area contributed by atoms with Gasteiger partial charge >= 0.3 is 6.18 Å². The Morgan fingerprint density at radius 3 is 2.32 bits per heavy atom. The highest BCUT2D eigenvalue weighted by Crippen LogP contribution is 2.34. The van der Waals surface area contributed by atoms with E-state index in [1.807, 2.05) is 19.0 Å². The molecule has 1 fully saturated rings. The van der Waals surface area contributed by atoms with E-state index in [0.717, 1.165) is 31.6 Å². The average molecular weight is 534 g/mol. The van der Waals surface area contributed by atoms with E-state index in [0.29, 0.717) is 30.7 Å². The molecular formula is C27H31ClF3N5O. The van der Waals surface area contributed by atoms with Crippen LogP contribution in [0.5, 0.6) is 0 Å². The number of hydrogen-bond acceptors (Lipinski definition) is 5. The van der Waals surface area contributed by atoms with Gasteiger partial charge in [0.1, 0.15) is 0 Å². The summed E-state index contributed by atoms with van der Waals surface area (Å²) in [7, 11) is 3.69. The Labute approximate surface area is 220 Å². The molecule has 1 aliphatic carbocycles. The molecule has 2 aromatic carbocycles. The zero-order chi connectivity index (χ0) is 26.7. The molecule has 1 aromatic heterocycles. The zero-order valence-corrected chi connectivity index (χ0v) is 22.0. The molecule has 0 bridgehead atoms. The number of halogens is 4. The molecule has 6 nitrogen and oxygen atoms in total. The smallest absolute Gasteiger partial charge is 0.302 e. The molecule has 1 aliphatic rings. The van der Waals surface area contributed by atoms with Gasteiger partial charge in [0.2, 0.25) is 0 Å². The van der Waals surface area contributed by atoms with Crippen LogP contribution in [-0.4, -0.2) is 57.5 Å². The second-order valence-corrected chi connectivity index (χ2v) is 10.2. The van der Waals surface area contributed by atoms with Crippen LogP contribution < -0.4 is 0 Å². The maximum atomic E-state index is 13.8. The molecule has 3 aromatic rings. The number of aromatic nitrogens is 3. The number of ketones is 1. The summed E-state index contributed by atoms with van der Waals surface area (Å²) in [6.07, 6.45) is -1.28. The van der Waals surface area contributed by atoms with Crippen LogP contribution in [0.2, 0.25) is 5.02 Å². The van der Waals surface area contributed by atoms with Crippen molar-refractivity contribution in [3.8, 4) is 5.69 Å². The van der Waals surface area contributed by atoms with Crippen LogP contribution in [0.25, 0.3) is 5.69 Å². The molecule has 1 heterocycles. The molecule has 0 radical (unpaired) electrons. The molecule has 10 heteroatoms. The minimum atomic E-state index is -4.59. The summed E-state index contributed by atoms with van der Waals surface area (Å²) in [6.45, 7) is 4.58. The molecule has 0 unspecified atom stereocenters. The topological polar surface area (TPSA) is 54.3 Å². The summed E-state index contributed by atoms with van der Waals surface area (Å²) in [6, 6.07) is 9.69. The Hall–Kier alpha value is -2.75.